The van der Waals surface area contributed by atoms with Gasteiger partial charge in [0.2, 0.25) is 0 Å². The third kappa shape index (κ3) is 1.52. The standard InChI is InChI=1S/C10H10BrF2NO2/c11-6-2-1-5-9(8(6)13)16-3-7(12)10(5,14)4-15/h1-2,7,15H,3-4,14H2/t7-,10-/m0/s1. The zero-order chi connectivity index (χ0) is 11.9. The van der Waals surface area contributed by atoms with Crippen molar-refractivity contribution < 1.29 is 18.6 Å². The lowest BCUT2D eigenvalue weighted by molar-refractivity contribution is 0.0451. The van der Waals surface area contributed by atoms with E-state index in [1.54, 1.807) is 0 Å². The molecule has 0 fully saturated rings. The fourth-order valence-corrected chi connectivity index (χ4v) is 2.01. The number of benzene rings is 1. The lowest BCUT2D eigenvalue weighted by Crippen LogP contribution is -2.54. The molecule has 0 bridgehead atoms. The average molecular weight is 294 g/mol. The maximum atomic E-state index is 13.7. The number of aliphatic hydroxyl groups is 1. The van der Waals surface area contributed by atoms with E-state index < -0.39 is 24.1 Å². The number of rotatable bonds is 1. The van der Waals surface area contributed by atoms with E-state index in [0.29, 0.717) is 0 Å². The molecule has 0 aliphatic carbocycles. The Balaban J connectivity index is 2.62. The first-order valence-corrected chi connectivity index (χ1v) is 5.45. The van der Waals surface area contributed by atoms with Crippen LogP contribution in [0.4, 0.5) is 8.78 Å². The van der Waals surface area contributed by atoms with Gasteiger partial charge in [0.05, 0.1) is 11.1 Å². The van der Waals surface area contributed by atoms with E-state index in [0.717, 1.165) is 0 Å². The van der Waals surface area contributed by atoms with Crippen LogP contribution in [0.5, 0.6) is 5.75 Å². The molecule has 1 aliphatic heterocycles. The molecule has 2 rings (SSSR count). The second kappa shape index (κ2) is 3.94. The summed E-state index contributed by atoms with van der Waals surface area (Å²) in [6.07, 6.45) is -1.56. The van der Waals surface area contributed by atoms with Gasteiger partial charge in [0.25, 0.3) is 0 Å². The van der Waals surface area contributed by atoms with Crippen LogP contribution in [0.15, 0.2) is 16.6 Å². The highest BCUT2D eigenvalue weighted by Gasteiger charge is 2.44. The molecule has 2 atom stereocenters. The van der Waals surface area contributed by atoms with Crippen molar-refractivity contribution in [2.75, 3.05) is 13.2 Å². The van der Waals surface area contributed by atoms with Gasteiger partial charge in [-0.15, -0.1) is 0 Å². The van der Waals surface area contributed by atoms with Gasteiger partial charge >= 0.3 is 0 Å². The molecule has 3 N–H and O–H groups in total. The summed E-state index contributed by atoms with van der Waals surface area (Å²) < 4.78 is 32.4. The number of alkyl halides is 1. The normalized spacial score (nSPS) is 28.4. The first-order valence-electron chi connectivity index (χ1n) is 4.66. The quantitative estimate of drug-likeness (QED) is 0.824. The highest BCUT2D eigenvalue weighted by atomic mass is 79.9. The Kier molecular flexibility index (Phi) is 2.90. The molecule has 6 heteroatoms. The van der Waals surface area contributed by atoms with Crippen molar-refractivity contribution in [1.29, 1.82) is 0 Å². The summed E-state index contributed by atoms with van der Waals surface area (Å²) in [6.45, 7) is -0.969. The van der Waals surface area contributed by atoms with E-state index in [4.69, 9.17) is 10.5 Å². The van der Waals surface area contributed by atoms with Crippen LogP contribution < -0.4 is 10.5 Å². The van der Waals surface area contributed by atoms with E-state index in [1.807, 2.05) is 0 Å². The first-order chi connectivity index (χ1) is 7.50. The van der Waals surface area contributed by atoms with Crippen LogP contribution >= 0.6 is 15.9 Å². The Morgan fingerprint density at radius 3 is 2.94 bits per heavy atom. The summed E-state index contributed by atoms with van der Waals surface area (Å²) in [5, 5.41) is 9.17. The predicted molar refractivity (Wildman–Crippen MR) is 57.4 cm³/mol. The average Bonchev–Trinajstić information content (AvgIpc) is 2.28. The molecule has 0 saturated heterocycles. The smallest absolute Gasteiger partial charge is 0.179 e. The molecule has 3 nitrogen and oxygen atoms in total. The monoisotopic (exact) mass is 293 g/mol. The third-order valence-electron chi connectivity index (χ3n) is 2.75. The summed E-state index contributed by atoms with van der Waals surface area (Å²) in [6, 6.07) is 2.86. The maximum absolute atomic E-state index is 13.7. The Labute approximate surface area is 99.3 Å². The van der Waals surface area contributed by atoms with Crippen molar-refractivity contribution in [2.45, 2.75) is 11.7 Å². The fourth-order valence-electron chi connectivity index (χ4n) is 1.70. The highest BCUT2D eigenvalue weighted by Crippen LogP contribution is 2.40. The molecular weight excluding hydrogens is 284 g/mol. The van der Waals surface area contributed by atoms with Crippen LogP contribution in [-0.2, 0) is 5.54 Å². The van der Waals surface area contributed by atoms with E-state index in [2.05, 4.69) is 15.9 Å². The zero-order valence-corrected chi connectivity index (χ0v) is 9.80. The van der Waals surface area contributed by atoms with Crippen molar-refractivity contribution >= 4 is 15.9 Å². The number of aliphatic hydroxyl groups excluding tert-OH is 1. The number of hydrogen-bond acceptors (Lipinski definition) is 3. The summed E-state index contributed by atoms with van der Waals surface area (Å²) in [5.41, 5.74) is 4.29. The number of halogens is 3. The van der Waals surface area contributed by atoms with Gasteiger partial charge in [-0.1, -0.05) is 6.07 Å². The number of ether oxygens (including phenoxy) is 1. The van der Waals surface area contributed by atoms with Crippen molar-refractivity contribution in [3.05, 3.63) is 28.0 Å². The van der Waals surface area contributed by atoms with Gasteiger partial charge in [0, 0.05) is 5.56 Å². The van der Waals surface area contributed by atoms with Crippen molar-refractivity contribution in [3.63, 3.8) is 0 Å². The largest absolute Gasteiger partial charge is 0.487 e. The van der Waals surface area contributed by atoms with Gasteiger partial charge < -0.3 is 15.6 Å². The van der Waals surface area contributed by atoms with Crippen LogP contribution in [0.3, 0.4) is 0 Å². The van der Waals surface area contributed by atoms with Crippen LogP contribution in [-0.4, -0.2) is 24.5 Å². The van der Waals surface area contributed by atoms with E-state index in [-0.39, 0.29) is 22.4 Å². The molecule has 0 aromatic heterocycles. The van der Waals surface area contributed by atoms with Gasteiger partial charge in [-0.2, -0.15) is 0 Å². The molecular formula is C10H10BrF2NO2. The van der Waals surface area contributed by atoms with Crippen LogP contribution in [0.25, 0.3) is 0 Å². The van der Waals surface area contributed by atoms with Crippen molar-refractivity contribution in [2.24, 2.45) is 5.73 Å². The Morgan fingerprint density at radius 1 is 1.62 bits per heavy atom. The number of hydrogen-bond donors (Lipinski definition) is 2. The number of nitrogens with two attached hydrogens (primary N) is 1. The summed E-state index contributed by atoms with van der Waals surface area (Å²) in [4.78, 5) is 0. The molecule has 0 unspecified atom stereocenters. The molecule has 1 aliphatic rings. The Bertz CT molecular complexity index is 430. The minimum atomic E-state index is -1.60. The first kappa shape index (κ1) is 11.8. The van der Waals surface area contributed by atoms with E-state index in [1.165, 1.54) is 12.1 Å². The van der Waals surface area contributed by atoms with Crippen molar-refractivity contribution in [3.8, 4) is 5.75 Å². The molecule has 1 heterocycles. The Morgan fingerprint density at radius 2 is 2.31 bits per heavy atom. The van der Waals surface area contributed by atoms with Gasteiger partial charge in [-0.05, 0) is 22.0 Å². The topological polar surface area (TPSA) is 55.5 Å². The molecule has 1 aromatic rings. The van der Waals surface area contributed by atoms with Gasteiger partial charge in [-0.3, -0.25) is 0 Å². The Hall–Kier alpha value is -0.720. The minimum absolute atomic E-state index is 0.0974. The summed E-state index contributed by atoms with van der Waals surface area (Å²) in [5.74, 6) is -0.729. The zero-order valence-electron chi connectivity index (χ0n) is 8.21. The molecule has 88 valence electrons. The second-order valence-electron chi connectivity index (χ2n) is 3.72. The fraction of sp³-hybridized carbons (Fsp3) is 0.400. The maximum Gasteiger partial charge on any atom is 0.179 e. The van der Waals surface area contributed by atoms with Gasteiger partial charge in [0.15, 0.2) is 17.7 Å². The molecule has 0 saturated carbocycles. The van der Waals surface area contributed by atoms with E-state index >= 15 is 0 Å². The predicted octanol–water partition coefficient (Wildman–Crippen LogP) is 1.47. The number of fused-ring (bicyclic) bond motifs is 1. The van der Waals surface area contributed by atoms with E-state index in [9.17, 15) is 13.9 Å². The molecule has 0 amide bonds. The van der Waals surface area contributed by atoms with Gasteiger partial charge in [-0.25, -0.2) is 8.78 Å². The lowest BCUT2D eigenvalue weighted by atomic mass is 9.85. The third-order valence-corrected chi connectivity index (χ3v) is 3.36. The van der Waals surface area contributed by atoms with Crippen molar-refractivity contribution in [1.82, 2.24) is 0 Å². The second-order valence-corrected chi connectivity index (χ2v) is 4.57. The molecule has 16 heavy (non-hydrogen) atoms. The minimum Gasteiger partial charge on any atom is -0.487 e. The molecule has 0 radical (unpaired) electrons. The highest BCUT2D eigenvalue weighted by molar-refractivity contribution is 9.10. The molecule has 0 spiro atoms. The lowest BCUT2D eigenvalue weighted by Gasteiger charge is -2.36. The summed E-state index contributed by atoms with van der Waals surface area (Å²) in [7, 11) is 0. The molecule has 1 aromatic carbocycles. The SMILES string of the molecule is N[C@@]1(CO)c2ccc(Br)c(F)c2OC[C@@H]1F. The van der Waals surface area contributed by atoms with Crippen LogP contribution in [0, 0.1) is 5.82 Å². The van der Waals surface area contributed by atoms with Gasteiger partial charge in [0.1, 0.15) is 12.1 Å². The van der Waals surface area contributed by atoms with Crippen LogP contribution in [0.2, 0.25) is 0 Å². The van der Waals surface area contributed by atoms with Crippen LogP contribution in [0.1, 0.15) is 5.56 Å². The summed E-state index contributed by atoms with van der Waals surface area (Å²) >= 11 is 3.00.